The molecule has 28 heavy (non-hydrogen) atoms. The lowest BCUT2D eigenvalue weighted by Gasteiger charge is -2.38. The molecule has 146 valence electrons. The fourth-order valence-corrected chi connectivity index (χ4v) is 3.90. The number of ether oxygens (including phenoxy) is 4. The molecular weight excluding hydrogens is 354 g/mol. The number of hydrogen-bond donors (Lipinski definition) is 1. The number of terminal acetylenes is 1. The molecule has 2 aromatic carbocycles. The summed E-state index contributed by atoms with van der Waals surface area (Å²) in [5.41, 5.74) is 2.38. The van der Waals surface area contributed by atoms with E-state index in [1.807, 2.05) is 24.3 Å². The summed E-state index contributed by atoms with van der Waals surface area (Å²) in [6.45, 7) is 3.65. The van der Waals surface area contributed by atoms with Crippen LogP contribution >= 0.6 is 0 Å². The second-order valence-corrected chi connectivity index (χ2v) is 7.16. The molecule has 2 aliphatic heterocycles. The average Bonchev–Trinajstić information content (AvgIpc) is 3.22. The molecule has 2 aromatic rings. The molecule has 0 aromatic heterocycles. The van der Waals surface area contributed by atoms with Gasteiger partial charge in [-0.3, -0.25) is 0 Å². The van der Waals surface area contributed by atoms with Gasteiger partial charge in [0, 0.05) is 37.3 Å². The van der Waals surface area contributed by atoms with E-state index in [9.17, 15) is 0 Å². The minimum absolute atomic E-state index is 0.00778. The molecule has 0 radical (unpaired) electrons. The van der Waals surface area contributed by atoms with Crippen LogP contribution in [0, 0.1) is 12.3 Å². The SMILES string of the molecule is C#CCOc1ccccc1CNCC1(c2ccc3c(c2)OCO3)CCOCC1. The number of fused-ring (bicyclic) bond motifs is 1. The molecule has 1 fully saturated rings. The molecule has 0 aliphatic carbocycles. The molecule has 5 heteroatoms. The van der Waals surface area contributed by atoms with E-state index in [4.69, 9.17) is 25.4 Å². The maximum absolute atomic E-state index is 5.66. The van der Waals surface area contributed by atoms with Crippen molar-refractivity contribution in [1.29, 1.82) is 0 Å². The number of benzene rings is 2. The summed E-state index contributed by atoms with van der Waals surface area (Å²) in [4.78, 5) is 0. The van der Waals surface area contributed by atoms with Crippen LogP contribution in [0.1, 0.15) is 24.0 Å². The Hall–Kier alpha value is -2.68. The molecule has 1 saturated heterocycles. The Morgan fingerprint density at radius 3 is 2.75 bits per heavy atom. The number of rotatable bonds is 7. The van der Waals surface area contributed by atoms with Crippen molar-refractivity contribution >= 4 is 0 Å². The van der Waals surface area contributed by atoms with Crippen molar-refractivity contribution in [3.05, 3.63) is 53.6 Å². The van der Waals surface area contributed by atoms with Crippen LogP contribution < -0.4 is 19.5 Å². The second kappa shape index (κ2) is 8.55. The fraction of sp³-hybridized carbons (Fsp3) is 0.391. The van der Waals surface area contributed by atoms with Gasteiger partial charge in [0.1, 0.15) is 12.4 Å². The summed E-state index contributed by atoms with van der Waals surface area (Å²) < 4.78 is 22.4. The van der Waals surface area contributed by atoms with Crippen LogP contribution in [0.5, 0.6) is 17.2 Å². The molecule has 0 atom stereocenters. The lowest BCUT2D eigenvalue weighted by Crippen LogP contribution is -2.42. The first kappa shape index (κ1) is 18.7. The van der Waals surface area contributed by atoms with Crippen molar-refractivity contribution < 1.29 is 18.9 Å². The monoisotopic (exact) mass is 379 g/mol. The normalized spacial score (nSPS) is 17.1. The molecule has 0 spiro atoms. The van der Waals surface area contributed by atoms with Crippen molar-refractivity contribution in [2.24, 2.45) is 0 Å². The largest absolute Gasteiger partial charge is 0.481 e. The molecule has 0 bridgehead atoms. The zero-order chi connectivity index (χ0) is 19.2. The van der Waals surface area contributed by atoms with Gasteiger partial charge in [0.25, 0.3) is 0 Å². The van der Waals surface area contributed by atoms with Crippen LogP contribution in [-0.4, -0.2) is 33.2 Å². The number of nitrogens with one attached hydrogen (secondary N) is 1. The summed E-state index contributed by atoms with van der Waals surface area (Å²) >= 11 is 0. The molecule has 0 unspecified atom stereocenters. The second-order valence-electron chi connectivity index (χ2n) is 7.16. The Kier molecular flexibility index (Phi) is 5.70. The Balaban J connectivity index is 1.48. The lowest BCUT2D eigenvalue weighted by molar-refractivity contribution is 0.0497. The van der Waals surface area contributed by atoms with E-state index >= 15 is 0 Å². The van der Waals surface area contributed by atoms with Crippen LogP contribution in [0.25, 0.3) is 0 Å². The molecule has 2 heterocycles. The Morgan fingerprint density at radius 2 is 1.89 bits per heavy atom. The van der Waals surface area contributed by atoms with E-state index in [-0.39, 0.29) is 12.0 Å². The van der Waals surface area contributed by atoms with Gasteiger partial charge < -0.3 is 24.3 Å². The Morgan fingerprint density at radius 1 is 1.07 bits per heavy atom. The van der Waals surface area contributed by atoms with E-state index in [0.29, 0.717) is 13.3 Å². The highest BCUT2D eigenvalue weighted by Crippen LogP contribution is 2.40. The molecule has 5 nitrogen and oxygen atoms in total. The summed E-state index contributed by atoms with van der Waals surface area (Å²) in [5.74, 6) is 5.00. The molecule has 1 N–H and O–H groups in total. The van der Waals surface area contributed by atoms with Gasteiger partial charge in [-0.1, -0.05) is 30.2 Å². The van der Waals surface area contributed by atoms with Crippen molar-refractivity contribution in [3.63, 3.8) is 0 Å². The van der Waals surface area contributed by atoms with Gasteiger partial charge in [-0.25, -0.2) is 0 Å². The molecule has 4 rings (SSSR count). The minimum atomic E-state index is 0.00778. The maximum atomic E-state index is 5.66. The Bertz CT molecular complexity index is 852. The third-order valence-corrected chi connectivity index (χ3v) is 5.50. The summed E-state index contributed by atoms with van der Waals surface area (Å²) in [6, 6.07) is 14.3. The standard InChI is InChI=1S/C23H25NO4/c1-2-11-26-20-6-4-3-5-18(20)15-24-16-23(9-12-25-13-10-23)19-7-8-21-22(14-19)28-17-27-21/h1,3-8,14,24H,9-13,15-17H2. The average molecular weight is 379 g/mol. The number of para-hydroxylation sites is 1. The smallest absolute Gasteiger partial charge is 0.231 e. The van der Waals surface area contributed by atoms with Gasteiger partial charge in [0.05, 0.1) is 0 Å². The van der Waals surface area contributed by atoms with Crippen molar-refractivity contribution in [3.8, 4) is 29.6 Å². The predicted molar refractivity (Wildman–Crippen MR) is 107 cm³/mol. The summed E-state index contributed by atoms with van der Waals surface area (Å²) in [5, 5.41) is 3.64. The predicted octanol–water partition coefficient (Wildman–Crippen LogP) is 3.27. The van der Waals surface area contributed by atoms with E-state index in [1.54, 1.807) is 0 Å². The lowest BCUT2D eigenvalue weighted by atomic mass is 9.74. The van der Waals surface area contributed by atoms with Gasteiger partial charge in [-0.05, 0) is 36.6 Å². The highest BCUT2D eigenvalue weighted by molar-refractivity contribution is 5.47. The maximum Gasteiger partial charge on any atom is 0.231 e. The van der Waals surface area contributed by atoms with E-state index in [0.717, 1.165) is 55.4 Å². The zero-order valence-electron chi connectivity index (χ0n) is 15.9. The third-order valence-electron chi connectivity index (χ3n) is 5.50. The fourth-order valence-electron chi connectivity index (χ4n) is 3.90. The van der Waals surface area contributed by atoms with Gasteiger partial charge in [-0.2, -0.15) is 0 Å². The van der Waals surface area contributed by atoms with E-state index < -0.39 is 0 Å². The van der Waals surface area contributed by atoms with Gasteiger partial charge in [-0.15, -0.1) is 6.42 Å². The molecule has 0 saturated carbocycles. The number of hydrogen-bond acceptors (Lipinski definition) is 5. The first-order valence-corrected chi connectivity index (χ1v) is 9.63. The summed E-state index contributed by atoms with van der Waals surface area (Å²) in [6.07, 6.45) is 7.26. The Labute approximate surface area is 165 Å². The van der Waals surface area contributed by atoms with Crippen molar-refractivity contribution in [2.75, 3.05) is 33.2 Å². The highest BCUT2D eigenvalue weighted by Gasteiger charge is 2.35. The minimum Gasteiger partial charge on any atom is -0.481 e. The zero-order valence-corrected chi connectivity index (χ0v) is 15.9. The van der Waals surface area contributed by atoms with E-state index in [2.05, 4.69) is 29.4 Å². The van der Waals surface area contributed by atoms with Crippen LogP contribution in [0.3, 0.4) is 0 Å². The van der Waals surface area contributed by atoms with E-state index in [1.165, 1.54) is 5.56 Å². The van der Waals surface area contributed by atoms with Crippen LogP contribution in [0.15, 0.2) is 42.5 Å². The molecule has 0 amide bonds. The third kappa shape index (κ3) is 3.94. The van der Waals surface area contributed by atoms with Crippen LogP contribution in [-0.2, 0) is 16.7 Å². The first-order chi connectivity index (χ1) is 13.8. The van der Waals surface area contributed by atoms with Crippen molar-refractivity contribution in [2.45, 2.75) is 24.8 Å². The highest BCUT2D eigenvalue weighted by atomic mass is 16.7. The van der Waals surface area contributed by atoms with Gasteiger partial charge in [0.2, 0.25) is 6.79 Å². The van der Waals surface area contributed by atoms with Crippen LogP contribution in [0.4, 0.5) is 0 Å². The summed E-state index contributed by atoms with van der Waals surface area (Å²) in [7, 11) is 0. The first-order valence-electron chi connectivity index (χ1n) is 9.63. The quantitative estimate of drug-likeness (QED) is 0.749. The van der Waals surface area contributed by atoms with Crippen LogP contribution in [0.2, 0.25) is 0 Å². The molecular formula is C23H25NO4. The van der Waals surface area contributed by atoms with Gasteiger partial charge in [0.15, 0.2) is 11.5 Å². The van der Waals surface area contributed by atoms with Crippen molar-refractivity contribution in [1.82, 2.24) is 5.32 Å². The van der Waals surface area contributed by atoms with Gasteiger partial charge >= 0.3 is 0 Å². The topological polar surface area (TPSA) is 49.0 Å². The molecule has 2 aliphatic rings.